The average molecular weight is 433 g/mol. The van der Waals surface area contributed by atoms with Gasteiger partial charge >= 0.3 is 5.97 Å². The number of ether oxygens (including phenoxy) is 2. The van der Waals surface area contributed by atoms with Crippen LogP contribution in [0.1, 0.15) is 32.1 Å². The van der Waals surface area contributed by atoms with E-state index in [1.807, 2.05) is 30.3 Å². The Morgan fingerprint density at radius 1 is 0.906 bits per heavy atom. The quantitative estimate of drug-likeness (QED) is 0.668. The summed E-state index contributed by atoms with van der Waals surface area (Å²) in [5.74, 6) is 7.17. The summed E-state index contributed by atoms with van der Waals surface area (Å²) in [5, 5.41) is 0. The maximum atomic E-state index is 13.9. The van der Waals surface area contributed by atoms with E-state index in [4.69, 9.17) is 9.47 Å². The molecule has 32 heavy (non-hydrogen) atoms. The van der Waals surface area contributed by atoms with Crippen LogP contribution in [0, 0.1) is 76.4 Å². The molecule has 4 heteroatoms. The molecule has 0 amide bonds. The zero-order chi connectivity index (χ0) is 21.4. The monoisotopic (exact) mass is 432 g/mol. The van der Waals surface area contributed by atoms with Gasteiger partial charge in [-0.1, -0.05) is 24.6 Å². The molecule has 4 nitrogen and oxygen atoms in total. The van der Waals surface area contributed by atoms with Gasteiger partial charge in [0.05, 0.1) is 7.11 Å². The molecule has 0 radical (unpaired) electrons. The van der Waals surface area contributed by atoms with Crippen LogP contribution < -0.4 is 4.74 Å². The Balaban J connectivity index is 1.31. The van der Waals surface area contributed by atoms with Gasteiger partial charge in [0.2, 0.25) is 0 Å². The minimum atomic E-state index is -0.542. The number of esters is 1. The Morgan fingerprint density at radius 3 is 2.47 bits per heavy atom. The van der Waals surface area contributed by atoms with Crippen LogP contribution >= 0.6 is 0 Å². The molecule has 7 fully saturated rings. The van der Waals surface area contributed by atoms with Crippen molar-refractivity contribution in [2.45, 2.75) is 32.1 Å². The first kappa shape index (κ1) is 18.6. The number of fused-ring (bicyclic) bond motifs is 5. The molecule has 0 aliphatic heterocycles. The summed E-state index contributed by atoms with van der Waals surface area (Å²) in [6.07, 6.45) is 5.90. The Labute approximate surface area is 189 Å². The third-order valence-corrected chi connectivity index (χ3v) is 11.9. The molecule has 0 N–H and O–H groups in total. The minimum absolute atomic E-state index is 0.0181. The van der Waals surface area contributed by atoms with Crippen LogP contribution in [0.5, 0.6) is 5.75 Å². The van der Waals surface area contributed by atoms with E-state index in [9.17, 15) is 9.59 Å². The highest BCUT2D eigenvalue weighted by molar-refractivity contribution is 5.89. The number of ketones is 1. The van der Waals surface area contributed by atoms with Crippen molar-refractivity contribution in [1.82, 2.24) is 0 Å². The van der Waals surface area contributed by atoms with Crippen molar-refractivity contribution < 1.29 is 19.1 Å². The number of carbonyl (C=O) groups excluding carboxylic acids is 2. The van der Waals surface area contributed by atoms with Crippen molar-refractivity contribution in [3.63, 3.8) is 0 Å². The average Bonchev–Trinajstić information content (AvgIpc) is 3.60. The van der Waals surface area contributed by atoms with Gasteiger partial charge in [-0.05, 0) is 97.0 Å². The number of para-hydroxylation sites is 1. The highest BCUT2D eigenvalue weighted by atomic mass is 16.5. The topological polar surface area (TPSA) is 52.6 Å². The number of benzene rings is 1. The summed E-state index contributed by atoms with van der Waals surface area (Å²) in [6, 6.07) is 10.0. The molecular formula is C28H32O4. The summed E-state index contributed by atoms with van der Waals surface area (Å²) in [7, 11) is 1.58. The van der Waals surface area contributed by atoms with E-state index in [0.29, 0.717) is 77.5 Å². The zero-order valence-corrected chi connectivity index (χ0v) is 18.7. The first-order valence-electron chi connectivity index (χ1n) is 13.0. The van der Waals surface area contributed by atoms with Crippen molar-refractivity contribution in [2.75, 3.05) is 13.7 Å². The van der Waals surface area contributed by atoms with Gasteiger partial charge in [-0.3, -0.25) is 9.59 Å². The molecule has 0 saturated heterocycles. The molecule has 0 heterocycles. The van der Waals surface area contributed by atoms with E-state index in [1.54, 1.807) is 7.11 Å². The SMILES string of the molecule is COC(=O)[C@]1(COc2ccccc2)[C@@H]2C3C([C@H]4CCCC42)[C@@H]2C(=O)[C@H]4CCC5[C@@H]4C2C3[C@@H]51. The molecular weight excluding hydrogens is 400 g/mol. The summed E-state index contributed by atoms with van der Waals surface area (Å²) >= 11 is 0. The highest BCUT2D eigenvalue weighted by Gasteiger charge is 2.85. The van der Waals surface area contributed by atoms with E-state index >= 15 is 0 Å². The largest absolute Gasteiger partial charge is 0.492 e. The van der Waals surface area contributed by atoms with Gasteiger partial charge in [-0.2, -0.15) is 0 Å². The summed E-state index contributed by atoms with van der Waals surface area (Å²) in [5.41, 5.74) is -0.542. The number of carbonyl (C=O) groups is 2. The van der Waals surface area contributed by atoms with Crippen LogP contribution in [0.2, 0.25) is 0 Å². The molecule has 1 aromatic carbocycles. The molecule has 0 spiro atoms. The summed E-state index contributed by atoms with van der Waals surface area (Å²) < 4.78 is 12.1. The number of Topliss-reactive ketones (excluding diaryl/α,β-unsaturated/α-hetero) is 1. The van der Waals surface area contributed by atoms with E-state index < -0.39 is 5.41 Å². The Kier molecular flexibility index (Phi) is 3.47. The third kappa shape index (κ3) is 1.81. The van der Waals surface area contributed by atoms with Crippen LogP contribution in [-0.2, 0) is 14.3 Å². The van der Waals surface area contributed by atoms with Crippen LogP contribution in [0.15, 0.2) is 30.3 Å². The van der Waals surface area contributed by atoms with Crippen molar-refractivity contribution in [1.29, 1.82) is 0 Å². The lowest BCUT2D eigenvalue weighted by atomic mass is 9.63. The van der Waals surface area contributed by atoms with Gasteiger partial charge in [0, 0.05) is 11.8 Å². The molecule has 7 aliphatic rings. The Bertz CT molecular complexity index is 996. The van der Waals surface area contributed by atoms with Crippen LogP contribution in [0.3, 0.4) is 0 Å². The predicted molar refractivity (Wildman–Crippen MR) is 116 cm³/mol. The fraction of sp³-hybridized carbons (Fsp3) is 0.714. The van der Waals surface area contributed by atoms with Crippen molar-refractivity contribution >= 4 is 11.8 Å². The second-order valence-electron chi connectivity index (χ2n) is 12.1. The van der Waals surface area contributed by atoms with E-state index in [1.165, 1.54) is 19.3 Å². The lowest BCUT2D eigenvalue weighted by Crippen LogP contribution is -2.50. The second kappa shape index (κ2) is 5.98. The van der Waals surface area contributed by atoms with Gasteiger partial charge in [0.25, 0.3) is 0 Å². The Hall–Kier alpha value is -1.84. The minimum Gasteiger partial charge on any atom is -0.492 e. The number of hydrogen-bond acceptors (Lipinski definition) is 4. The standard InChI is InChI=1S/C28H32O4/c1-31-27(30)28(12-32-13-6-3-2-4-7-13)24-15-9-5-8-14(15)19-21(24)22-20-18-16(25(22)28)10-11-17(18)26(29)23(19)20/h2-4,6-7,14-25H,5,8-12H2,1H3/t14-,15?,16?,17-,18-,19?,20?,21?,22?,23-,24-,25+,28+/m0/s1. The van der Waals surface area contributed by atoms with Crippen LogP contribution in [0.25, 0.3) is 0 Å². The number of methoxy groups -OCH3 is 1. The smallest absolute Gasteiger partial charge is 0.315 e. The van der Waals surface area contributed by atoms with Gasteiger partial charge < -0.3 is 9.47 Å². The molecule has 8 rings (SSSR count). The maximum absolute atomic E-state index is 13.9. The normalized spacial score (nSPS) is 54.8. The molecule has 7 aliphatic carbocycles. The van der Waals surface area contributed by atoms with Crippen LogP contribution in [-0.4, -0.2) is 25.5 Å². The second-order valence-corrected chi connectivity index (χ2v) is 12.1. The van der Waals surface area contributed by atoms with Gasteiger partial charge in [-0.25, -0.2) is 0 Å². The molecule has 6 unspecified atom stereocenters. The number of rotatable bonds is 4. The Morgan fingerprint density at radius 2 is 1.66 bits per heavy atom. The molecule has 1 aromatic rings. The van der Waals surface area contributed by atoms with Crippen LogP contribution in [0.4, 0.5) is 0 Å². The third-order valence-electron chi connectivity index (χ3n) is 11.9. The van der Waals surface area contributed by atoms with Crippen molar-refractivity contribution in [2.24, 2.45) is 76.4 Å². The molecule has 7 saturated carbocycles. The maximum Gasteiger partial charge on any atom is 0.315 e. The first-order valence-corrected chi connectivity index (χ1v) is 13.0. The fourth-order valence-corrected chi connectivity index (χ4v) is 11.9. The zero-order valence-electron chi connectivity index (χ0n) is 18.7. The molecule has 13 atom stereocenters. The molecule has 0 aromatic heterocycles. The van der Waals surface area contributed by atoms with E-state index in [2.05, 4.69) is 0 Å². The molecule has 0 bridgehead atoms. The van der Waals surface area contributed by atoms with Crippen molar-refractivity contribution in [3.8, 4) is 5.75 Å². The number of hydrogen-bond donors (Lipinski definition) is 0. The van der Waals surface area contributed by atoms with E-state index in [-0.39, 0.29) is 11.9 Å². The highest BCUT2D eigenvalue weighted by Crippen LogP contribution is 2.85. The van der Waals surface area contributed by atoms with Gasteiger partial charge in [-0.15, -0.1) is 0 Å². The summed E-state index contributed by atoms with van der Waals surface area (Å²) in [4.78, 5) is 27.6. The summed E-state index contributed by atoms with van der Waals surface area (Å²) in [6.45, 7) is 0.446. The lowest BCUT2D eigenvalue weighted by Gasteiger charge is -2.41. The molecule has 168 valence electrons. The van der Waals surface area contributed by atoms with E-state index in [0.717, 1.165) is 18.6 Å². The van der Waals surface area contributed by atoms with Crippen molar-refractivity contribution in [3.05, 3.63) is 30.3 Å². The van der Waals surface area contributed by atoms with Gasteiger partial charge in [0.1, 0.15) is 23.6 Å². The predicted octanol–water partition coefficient (Wildman–Crippen LogP) is 4.23. The first-order chi connectivity index (χ1) is 15.7. The fourth-order valence-electron chi connectivity index (χ4n) is 11.9. The lowest BCUT2D eigenvalue weighted by molar-refractivity contribution is -0.165. The van der Waals surface area contributed by atoms with Gasteiger partial charge in [0.15, 0.2) is 0 Å².